The molecule has 10 nitrogen and oxygen atoms in total. The monoisotopic (exact) mass is 472 g/mol. The molecule has 180 valence electrons. The van der Waals surface area contributed by atoms with Crippen molar-refractivity contribution in [1.82, 2.24) is 34.8 Å². The summed E-state index contributed by atoms with van der Waals surface area (Å²) in [5.41, 5.74) is 2.49. The van der Waals surface area contributed by atoms with Crippen LogP contribution in [0.2, 0.25) is 0 Å². The van der Waals surface area contributed by atoms with Gasteiger partial charge >= 0.3 is 0 Å². The van der Waals surface area contributed by atoms with Crippen molar-refractivity contribution in [2.45, 2.75) is 26.1 Å². The van der Waals surface area contributed by atoms with Crippen LogP contribution in [0, 0.1) is 0 Å². The maximum Gasteiger partial charge on any atom is 0.255 e. The normalized spacial score (nSPS) is 18.5. The Hall–Kier alpha value is -3.89. The minimum absolute atomic E-state index is 0.193. The summed E-state index contributed by atoms with van der Waals surface area (Å²) in [6.07, 6.45) is 7.15. The lowest BCUT2D eigenvalue weighted by Gasteiger charge is -2.35. The standard InChI is InChI=1S/C25H28N8O2/c1-17-15-32(16-18(2)35-17)13-11-28-25(34)19-14-26-10-8-20(19)29-24-22-7-5-12-33(22)31-23(30-24)21-6-3-4-9-27-21/h3-10,12,14,17-18H,11,13,15-16H2,1-2H3,(H,28,34)(H,26,29,30,31). The first-order chi connectivity index (χ1) is 17.1. The van der Waals surface area contributed by atoms with Gasteiger partial charge in [-0.1, -0.05) is 6.07 Å². The Morgan fingerprint density at radius 3 is 2.77 bits per heavy atom. The number of fused-ring (bicyclic) bond motifs is 1. The minimum Gasteiger partial charge on any atom is -0.373 e. The second-order valence-corrected chi connectivity index (χ2v) is 8.66. The number of anilines is 2. The number of rotatable bonds is 7. The number of aromatic nitrogens is 5. The summed E-state index contributed by atoms with van der Waals surface area (Å²) in [5.74, 6) is 0.855. The summed E-state index contributed by atoms with van der Waals surface area (Å²) < 4.78 is 7.53. The number of morpholine rings is 1. The highest BCUT2D eigenvalue weighted by molar-refractivity contribution is 6.00. The van der Waals surface area contributed by atoms with Crippen LogP contribution in [0.5, 0.6) is 0 Å². The van der Waals surface area contributed by atoms with Crippen LogP contribution in [0.1, 0.15) is 24.2 Å². The predicted molar refractivity (Wildman–Crippen MR) is 133 cm³/mol. The van der Waals surface area contributed by atoms with Crippen LogP contribution < -0.4 is 10.6 Å². The molecule has 10 heteroatoms. The number of nitrogens with zero attached hydrogens (tertiary/aromatic N) is 6. The summed E-state index contributed by atoms with van der Waals surface area (Å²) in [5, 5.41) is 10.9. The van der Waals surface area contributed by atoms with E-state index in [1.54, 1.807) is 29.2 Å². The van der Waals surface area contributed by atoms with Crippen LogP contribution in [0.4, 0.5) is 11.5 Å². The highest BCUT2D eigenvalue weighted by atomic mass is 16.5. The first kappa shape index (κ1) is 22.9. The fourth-order valence-electron chi connectivity index (χ4n) is 4.33. The maximum atomic E-state index is 13.0. The first-order valence-corrected chi connectivity index (χ1v) is 11.7. The second-order valence-electron chi connectivity index (χ2n) is 8.66. The van der Waals surface area contributed by atoms with Gasteiger partial charge in [0, 0.05) is 51.0 Å². The molecule has 0 spiro atoms. The van der Waals surface area contributed by atoms with Gasteiger partial charge in [-0.2, -0.15) is 0 Å². The first-order valence-electron chi connectivity index (χ1n) is 11.7. The molecule has 5 heterocycles. The molecule has 4 aromatic heterocycles. The number of carbonyl (C=O) groups is 1. The molecule has 4 aromatic rings. The van der Waals surface area contributed by atoms with E-state index in [4.69, 9.17) is 9.72 Å². The Balaban J connectivity index is 1.33. The van der Waals surface area contributed by atoms with E-state index in [0.717, 1.165) is 25.2 Å². The summed E-state index contributed by atoms with van der Waals surface area (Å²) in [6.45, 7) is 7.16. The third-order valence-corrected chi connectivity index (χ3v) is 5.81. The smallest absolute Gasteiger partial charge is 0.255 e. The Kier molecular flexibility index (Phi) is 6.64. The average molecular weight is 473 g/mol. The average Bonchev–Trinajstić information content (AvgIpc) is 3.33. The fourth-order valence-corrected chi connectivity index (χ4v) is 4.33. The van der Waals surface area contributed by atoms with Gasteiger partial charge in [-0.15, -0.1) is 5.10 Å². The van der Waals surface area contributed by atoms with Crippen molar-refractivity contribution < 1.29 is 9.53 Å². The molecular formula is C25H28N8O2. The third kappa shape index (κ3) is 5.28. The van der Waals surface area contributed by atoms with Crippen LogP contribution in [-0.4, -0.2) is 73.8 Å². The summed E-state index contributed by atoms with van der Waals surface area (Å²) in [4.78, 5) is 28.6. The highest BCUT2D eigenvalue weighted by Gasteiger charge is 2.22. The zero-order valence-electron chi connectivity index (χ0n) is 19.8. The van der Waals surface area contributed by atoms with Crippen LogP contribution in [-0.2, 0) is 4.74 Å². The maximum absolute atomic E-state index is 13.0. The summed E-state index contributed by atoms with van der Waals surface area (Å²) in [6, 6.07) is 11.2. The molecule has 0 saturated carbocycles. The van der Waals surface area contributed by atoms with E-state index in [0.29, 0.717) is 35.1 Å². The molecule has 1 aliphatic heterocycles. The third-order valence-electron chi connectivity index (χ3n) is 5.81. The Bertz CT molecular complexity index is 1300. The molecule has 1 fully saturated rings. The predicted octanol–water partition coefficient (Wildman–Crippen LogP) is 2.77. The van der Waals surface area contributed by atoms with Gasteiger partial charge in [-0.25, -0.2) is 9.50 Å². The molecule has 2 atom stereocenters. The van der Waals surface area contributed by atoms with Crippen molar-refractivity contribution in [3.05, 3.63) is 66.7 Å². The van der Waals surface area contributed by atoms with Gasteiger partial charge in [0.1, 0.15) is 11.2 Å². The van der Waals surface area contributed by atoms with Gasteiger partial charge in [0.25, 0.3) is 5.91 Å². The Morgan fingerprint density at radius 2 is 1.97 bits per heavy atom. The van der Waals surface area contributed by atoms with Gasteiger partial charge in [0.15, 0.2) is 5.82 Å². The molecule has 1 aliphatic rings. The molecule has 0 aliphatic carbocycles. The van der Waals surface area contributed by atoms with Gasteiger partial charge < -0.3 is 15.4 Å². The summed E-state index contributed by atoms with van der Waals surface area (Å²) >= 11 is 0. The Morgan fingerprint density at radius 1 is 1.11 bits per heavy atom. The Labute approximate surface area is 203 Å². The van der Waals surface area contributed by atoms with Crippen LogP contribution in [0.3, 0.4) is 0 Å². The largest absolute Gasteiger partial charge is 0.373 e. The number of hydrogen-bond acceptors (Lipinski definition) is 8. The molecule has 35 heavy (non-hydrogen) atoms. The van der Waals surface area contributed by atoms with Gasteiger partial charge in [-0.3, -0.25) is 19.7 Å². The van der Waals surface area contributed by atoms with E-state index >= 15 is 0 Å². The van der Waals surface area contributed by atoms with E-state index in [1.165, 1.54) is 0 Å². The fraction of sp³-hybridized carbons (Fsp3) is 0.320. The van der Waals surface area contributed by atoms with Crippen molar-refractivity contribution in [3.8, 4) is 11.5 Å². The number of nitrogens with one attached hydrogen (secondary N) is 2. The summed E-state index contributed by atoms with van der Waals surface area (Å²) in [7, 11) is 0. The molecule has 0 radical (unpaired) electrons. The van der Waals surface area contributed by atoms with Gasteiger partial charge in [0.05, 0.1) is 23.5 Å². The van der Waals surface area contributed by atoms with E-state index in [1.807, 2.05) is 36.5 Å². The minimum atomic E-state index is -0.194. The molecule has 1 saturated heterocycles. The number of carbonyl (C=O) groups excluding carboxylic acids is 1. The SMILES string of the molecule is CC1CN(CCNC(=O)c2cnccc2Nc2nc(-c3ccccn3)nn3cccc23)CC(C)O1. The van der Waals surface area contributed by atoms with Crippen LogP contribution in [0.25, 0.3) is 17.0 Å². The molecule has 0 aromatic carbocycles. The zero-order valence-corrected chi connectivity index (χ0v) is 19.8. The highest BCUT2D eigenvalue weighted by Crippen LogP contribution is 2.25. The van der Waals surface area contributed by atoms with Crippen molar-refractivity contribution >= 4 is 22.9 Å². The molecule has 5 rings (SSSR count). The number of hydrogen-bond donors (Lipinski definition) is 2. The van der Waals surface area contributed by atoms with E-state index in [9.17, 15) is 4.79 Å². The lowest BCUT2D eigenvalue weighted by atomic mass is 10.2. The van der Waals surface area contributed by atoms with Crippen molar-refractivity contribution in [3.63, 3.8) is 0 Å². The van der Waals surface area contributed by atoms with Crippen LogP contribution >= 0.6 is 0 Å². The quantitative estimate of drug-likeness (QED) is 0.423. The van der Waals surface area contributed by atoms with Gasteiger partial charge in [-0.05, 0) is 44.2 Å². The molecule has 1 amide bonds. The van der Waals surface area contributed by atoms with Crippen LogP contribution in [0.15, 0.2) is 61.2 Å². The molecule has 0 bridgehead atoms. The van der Waals surface area contributed by atoms with Crippen molar-refractivity contribution in [2.75, 3.05) is 31.5 Å². The lowest BCUT2D eigenvalue weighted by Crippen LogP contribution is -2.47. The second kappa shape index (κ2) is 10.2. The molecular weight excluding hydrogens is 444 g/mol. The molecule has 2 unspecified atom stereocenters. The zero-order chi connectivity index (χ0) is 24.2. The number of amides is 1. The van der Waals surface area contributed by atoms with Crippen molar-refractivity contribution in [2.24, 2.45) is 0 Å². The number of ether oxygens (including phenoxy) is 1. The molecule has 2 N–H and O–H groups in total. The van der Waals surface area contributed by atoms with E-state index in [-0.39, 0.29) is 18.1 Å². The number of pyridine rings is 2. The van der Waals surface area contributed by atoms with E-state index < -0.39 is 0 Å². The van der Waals surface area contributed by atoms with Crippen molar-refractivity contribution in [1.29, 1.82) is 0 Å². The lowest BCUT2D eigenvalue weighted by molar-refractivity contribution is -0.0672. The van der Waals surface area contributed by atoms with E-state index in [2.05, 4.69) is 44.4 Å². The topological polar surface area (TPSA) is 110 Å². The van der Waals surface area contributed by atoms with Gasteiger partial charge in [0.2, 0.25) is 5.82 Å².